The van der Waals surface area contributed by atoms with Crippen LogP contribution in [0.25, 0.3) is 0 Å². The first-order valence-corrected chi connectivity index (χ1v) is 5.38. The van der Waals surface area contributed by atoms with Crippen molar-refractivity contribution in [2.75, 3.05) is 19.6 Å². The standard InChI is InChI=1S/C8H14N2O2.C2HF3O2/c1-6(2)4-10-5-7(11)9-3-8(10)12;3-2(4,5)1(6)7/h6H,3-5H2,1-2H3,(H,9,11);(H,6,7). The average molecular weight is 284 g/mol. The molecule has 0 aromatic carbocycles. The van der Waals surface area contributed by atoms with Crippen LogP contribution in [0.3, 0.4) is 0 Å². The van der Waals surface area contributed by atoms with E-state index in [1.807, 2.05) is 13.8 Å². The fourth-order valence-corrected chi connectivity index (χ4v) is 1.21. The first kappa shape index (κ1) is 17.2. The Labute approximate surface area is 107 Å². The van der Waals surface area contributed by atoms with Crippen molar-refractivity contribution in [2.45, 2.75) is 20.0 Å². The molecule has 6 nitrogen and oxygen atoms in total. The van der Waals surface area contributed by atoms with Crippen LogP contribution in [0.4, 0.5) is 13.2 Å². The molecule has 0 saturated carbocycles. The van der Waals surface area contributed by atoms with Gasteiger partial charge in [-0.1, -0.05) is 13.8 Å². The van der Waals surface area contributed by atoms with Crippen molar-refractivity contribution in [1.29, 1.82) is 0 Å². The summed E-state index contributed by atoms with van der Waals surface area (Å²) < 4.78 is 31.7. The predicted octanol–water partition coefficient (Wildman–Crippen LogP) is 0.234. The number of carboxylic acid groups (broad SMARTS) is 1. The van der Waals surface area contributed by atoms with Crippen LogP contribution in [0, 0.1) is 5.92 Å². The molecule has 1 rings (SSSR count). The lowest BCUT2D eigenvalue weighted by molar-refractivity contribution is -0.192. The molecule has 0 unspecified atom stereocenters. The van der Waals surface area contributed by atoms with Gasteiger partial charge in [0.2, 0.25) is 11.8 Å². The lowest BCUT2D eigenvalue weighted by Crippen LogP contribution is -2.52. The van der Waals surface area contributed by atoms with E-state index in [-0.39, 0.29) is 24.9 Å². The number of hydrogen-bond donors (Lipinski definition) is 2. The zero-order chi connectivity index (χ0) is 15.2. The first-order valence-electron chi connectivity index (χ1n) is 5.38. The number of hydrogen-bond acceptors (Lipinski definition) is 3. The zero-order valence-corrected chi connectivity index (χ0v) is 10.5. The molecule has 9 heteroatoms. The van der Waals surface area contributed by atoms with Gasteiger partial charge in [-0.15, -0.1) is 0 Å². The Balaban J connectivity index is 0.000000399. The summed E-state index contributed by atoms with van der Waals surface area (Å²) in [6.07, 6.45) is -5.08. The number of carbonyl (C=O) groups is 3. The van der Waals surface area contributed by atoms with Gasteiger partial charge in [-0.2, -0.15) is 13.2 Å². The molecule has 2 amide bonds. The van der Waals surface area contributed by atoms with Crippen molar-refractivity contribution >= 4 is 17.8 Å². The third-order valence-corrected chi connectivity index (χ3v) is 1.95. The summed E-state index contributed by atoms with van der Waals surface area (Å²) in [5, 5.41) is 9.63. The van der Waals surface area contributed by atoms with E-state index in [1.54, 1.807) is 4.90 Å². The molecule has 1 fully saturated rings. The lowest BCUT2D eigenvalue weighted by atomic mass is 10.2. The van der Waals surface area contributed by atoms with E-state index < -0.39 is 12.1 Å². The van der Waals surface area contributed by atoms with Crippen molar-refractivity contribution in [1.82, 2.24) is 10.2 Å². The molecule has 1 saturated heterocycles. The van der Waals surface area contributed by atoms with Crippen molar-refractivity contribution < 1.29 is 32.7 Å². The lowest BCUT2D eigenvalue weighted by Gasteiger charge is -2.27. The molecular weight excluding hydrogens is 269 g/mol. The molecule has 110 valence electrons. The summed E-state index contributed by atoms with van der Waals surface area (Å²) in [6, 6.07) is 0. The minimum Gasteiger partial charge on any atom is -0.475 e. The van der Waals surface area contributed by atoms with E-state index in [9.17, 15) is 22.8 Å². The number of carboxylic acids is 1. The van der Waals surface area contributed by atoms with Crippen LogP contribution in [-0.2, 0) is 14.4 Å². The van der Waals surface area contributed by atoms with Gasteiger partial charge in [0.1, 0.15) is 0 Å². The van der Waals surface area contributed by atoms with Crippen LogP contribution >= 0.6 is 0 Å². The summed E-state index contributed by atoms with van der Waals surface area (Å²) in [7, 11) is 0. The van der Waals surface area contributed by atoms with E-state index >= 15 is 0 Å². The van der Waals surface area contributed by atoms with Crippen LogP contribution in [-0.4, -0.2) is 53.6 Å². The van der Waals surface area contributed by atoms with E-state index in [2.05, 4.69) is 5.32 Å². The maximum atomic E-state index is 11.2. The zero-order valence-electron chi connectivity index (χ0n) is 10.5. The monoisotopic (exact) mass is 284 g/mol. The Morgan fingerprint density at radius 1 is 1.42 bits per heavy atom. The smallest absolute Gasteiger partial charge is 0.475 e. The largest absolute Gasteiger partial charge is 0.490 e. The maximum absolute atomic E-state index is 11.2. The van der Waals surface area contributed by atoms with E-state index in [4.69, 9.17) is 9.90 Å². The SMILES string of the molecule is CC(C)CN1CC(=O)NCC1=O.O=C(O)C(F)(F)F. The molecule has 0 aromatic heterocycles. The topological polar surface area (TPSA) is 86.7 Å². The number of halogens is 3. The highest BCUT2D eigenvalue weighted by atomic mass is 19.4. The number of nitrogens with zero attached hydrogens (tertiary/aromatic N) is 1. The Kier molecular flexibility index (Phi) is 6.30. The minimum absolute atomic E-state index is 0.0169. The number of aliphatic carboxylic acids is 1. The number of carbonyl (C=O) groups excluding carboxylic acids is 2. The van der Waals surface area contributed by atoms with Crippen molar-refractivity contribution in [3.8, 4) is 0 Å². The summed E-state index contributed by atoms with van der Waals surface area (Å²) in [4.78, 5) is 32.6. The van der Waals surface area contributed by atoms with E-state index in [1.165, 1.54) is 0 Å². The fourth-order valence-electron chi connectivity index (χ4n) is 1.21. The third kappa shape index (κ3) is 7.27. The van der Waals surface area contributed by atoms with Gasteiger partial charge in [0.25, 0.3) is 0 Å². The van der Waals surface area contributed by atoms with Crippen LogP contribution in [0.15, 0.2) is 0 Å². The summed E-state index contributed by atoms with van der Waals surface area (Å²) in [5.41, 5.74) is 0. The first-order chi connectivity index (χ1) is 8.54. The number of nitrogens with one attached hydrogen (secondary N) is 1. The van der Waals surface area contributed by atoms with Gasteiger partial charge < -0.3 is 15.3 Å². The Morgan fingerprint density at radius 3 is 2.26 bits per heavy atom. The van der Waals surface area contributed by atoms with E-state index in [0.717, 1.165) is 0 Å². The van der Waals surface area contributed by atoms with Crippen LogP contribution in [0.1, 0.15) is 13.8 Å². The van der Waals surface area contributed by atoms with Crippen LogP contribution in [0.5, 0.6) is 0 Å². The van der Waals surface area contributed by atoms with Crippen molar-refractivity contribution in [2.24, 2.45) is 5.92 Å². The van der Waals surface area contributed by atoms with Crippen LogP contribution in [0.2, 0.25) is 0 Å². The van der Waals surface area contributed by atoms with Crippen molar-refractivity contribution in [3.05, 3.63) is 0 Å². The highest BCUT2D eigenvalue weighted by Crippen LogP contribution is 2.13. The van der Waals surface area contributed by atoms with Gasteiger partial charge in [-0.3, -0.25) is 9.59 Å². The molecule has 19 heavy (non-hydrogen) atoms. The second-order valence-electron chi connectivity index (χ2n) is 4.25. The normalized spacial score (nSPS) is 15.8. The number of alkyl halides is 3. The minimum atomic E-state index is -5.08. The Bertz CT molecular complexity index is 355. The van der Waals surface area contributed by atoms with Gasteiger partial charge in [0.05, 0.1) is 13.1 Å². The molecule has 2 N–H and O–H groups in total. The quantitative estimate of drug-likeness (QED) is 0.760. The molecule has 0 aromatic rings. The second-order valence-corrected chi connectivity index (χ2v) is 4.25. The van der Waals surface area contributed by atoms with Gasteiger partial charge in [-0.05, 0) is 5.92 Å². The van der Waals surface area contributed by atoms with Gasteiger partial charge in [0.15, 0.2) is 0 Å². The Hall–Kier alpha value is -1.80. The van der Waals surface area contributed by atoms with Gasteiger partial charge in [0, 0.05) is 6.54 Å². The molecule has 0 atom stereocenters. The summed E-state index contributed by atoms with van der Waals surface area (Å²) >= 11 is 0. The van der Waals surface area contributed by atoms with E-state index in [0.29, 0.717) is 12.5 Å². The maximum Gasteiger partial charge on any atom is 0.490 e. The molecule has 1 aliphatic rings. The predicted molar refractivity (Wildman–Crippen MR) is 58.1 cm³/mol. The van der Waals surface area contributed by atoms with Gasteiger partial charge >= 0.3 is 12.1 Å². The highest BCUT2D eigenvalue weighted by molar-refractivity contribution is 5.92. The number of amides is 2. The molecular formula is C10H15F3N2O4. The molecule has 0 spiro atoms. The van der Waals surface area contributed by atoms with Crippen LogP contribution < -0.4 is 5.32 Å². The molecule has 0 radical (unpaired) electrons. The van der Waals surface area contributed by atoms with Crippen molar-refractivity contribution in [3.63, 3.8) is 0 Å². The fraction of sp³-hybridized carbons (Fsp3) is 0.700. The third-order valence-electron chi connectivity index (χ3n) is 1.95. The molecule has 0 aliphatic carbocycles. The Morgan fingerprint density at radius 2 is 1.89 bits per heavy atom. The number of piperazine rings is 1. The average Bonchev–Trinajstić information content (AvgIpc) is 2.22. The second kappa shape index (κ2) is 6.95. The van der Waals surface area contributed by atoms with Gasteiger partial charge in [-0.25, -0.2) is 4.79 Å². The molecule has 0 bridgehead atoms. The molecule has 1 heterocycles. The molecule has 1 aliphatic heterocycles. The number of rotatable bonds is 2. The highest BCUT2D eigenvalue weighted by Gasteiger charge is 2.38. The summed E-state index contributed by atoms with van der Waals surface area (Å²) in [6.45, 7) is 5.11. The summed E-state index contributed by atoms with van der Waals surface area (Å²) in [5.74, 6) is -2.38.